The van der Waals surface area contributed by atoms with Gasteiger partial charge in [-0.15, -0.1) is 0 Å². The quantitative estimate of drug-likeness (QED) is 0.942. The Balaban J connectivity index is 1.91. The van der Waals surface area contributed by atoms with E-state index in [1.54, 1.807) is 6.07 Å². The second-order valence-corrected chi connectivity index (χ2v) is 5.96. The SMILES string of the molecule is O=C(O)c1cccc2c1nc(C1CC1)n2C1CCCOC1. The number of carboxylic acid groups (broad SMARTS) is 1. The van der Waals surface area contributed by atoms with Gasteiger partial charge in [-0.1, -0.05) is 6.07 Å². The molecule has 110 valence electrons. The van der Waals surface area contributed by atoms with Crippen LogP contribution in [0.25, 0.3) is 11.0 Å². The molecule has 21 heavy (non-hydrogen) atoms. The summed E-state index contributed by atoms with van der Waals surface area (Å²) in [5.74, 6) is 0.627. The van der Waals surface area contributed by atoms with Crippen molar-refractivity contribution in [1.82, 2.24) is 9.55 Å². The zero-order chi connectivity index (χ0) is 14.4. The van der Waals surface area contributed by atoms with E-state index in [0.29, 0.717) is 23.6 Å². The molecule has 2 aliphatic rings. The minimum absolute atomic E-state index is 0.281. The lowest BCUT2D eigenvalue weighted by molar-refractivity contribution is 0.0595. The summed E-state index contributed by atoms with van der Waals surface area (Å²) in [6.45, 7) is 1.52. The van der Waals surface area contributed by atoms with Gasteiger partial charge in [0.2, 0.25) is 0 Å². The number of fused-ring (bicyclic) bond motifs is 1. The molecule has 1 aliphatic carbocycles. The minimum Gasteiger partial charge on any atom is -0.478 e. The number of carbonyl (C=O) groups is 1. The summed E-state index contributed by atoms with van der Waals surface area (Å²) >= 11 is 0. The van der Waals surface area contributed by atoms with Crippen LogP contribution in [0.5, 0.6) is 0 Å². The molecule has 1 N–H and O–H groups in total. The molecule has 1 aromatic heterocycles. The van der Waals surface area contributed by atoms with Gasteiger partial charge >= 0.3 is 5.97 Å². The number of hydrogen-bond acceptors (Lipinski definition) is 3. The molecular formula is C16H18N2O3. The Labute approximate surface area is 122 Å². The Morgan fingerprint density at radius 2 is 2.19 bits per heavy atom. The molecule has 2 aromatic rings. The highest BCUT2D eigenvalue weighted by molar-refractivity contribution is 6.01. The van der Waals surface area contributed by atoms with E-state index in [9.17, 15) is 9.90 Å². The van der Waals surface area contributed by atoms with Crippen molar-refractivity contribution in [3.63, 3.8) is 0 Å². The predicted octanol–water partition coefficient (Wildman–Crippen LogP) is 2.96. The summed E-state index contributed by atoms with van der Waals surface area (Å²) in [6, 6.07) is 5.71. The first-order valence-electron chi connectivity index (χ1n) is 7.57. The monoisotopic (exact) mass is 286 g/mol. The lowest BCUT2D eigenvalue weighted by Gasteiger charge is -2.25. The lowest BCUT2D eigenvalue weighted by Crippen LogP contribution is -2.22. The highest BCUT2D eigenvalue weighted by Crippen LogP contribution is 2.43. The minimum atomic E-state index is -0.910. The molecule has 2 fully saturated rings. The van der Waals surface area contributed by atoms with Crippen LogP contribution in [0.2, 0.25) is 0 Å². The highest BCUT2D eigenvalue weighted by atomic mass is 16.5. The van der Waals surface area contributed by atoms with Gasteiger partial charge in [0.1, 0.15) is 11.3 Å². The van der Waals surface area contributed by atoms with E-state index in [2.05, 4.69) is 4.57 Å². The number of aromatic carboxylic acids is 1. The van der Waals surface area contributed by atoms with Gasteiger partial charge < -0.3 is 14.4 Å². The van der Waals surface area contributed by atoms with E-state index in [4.69, 9.17) is 9.72 Å². The fourth-order valence-electron chi connectivity index (χ4n) is 3.25. The van der Waals surface area contributed by atoms with E-state index in [-0.39, 0.29) is 6.04 Å². The number of nitrogens with zero attached hydrogens (tertiary/aromatic N) is 2. The molecule has 5 heteroatoms. The van der Waals surface area contributed by atoms with E-state index >= 15 is 0 Å². The molecule has 4 rings (SSSR count). The van der Waals surface area contributed by atoms with Gasteiger partial charge in [0.25, 0.3) is 0 Å². The molecule has 1 saturated carbocycles. The molecule has 2 heterocycles. The average molecular weight is 286 g/mol. The topological polar surface area (TPSA) is 64.3 Å². The van der Waals surface area contributed by atoms with Crippen molar-refractivity contribution >= 4 is 17.0 Å². The Kier molecular flexibility index (Phi) is 2.96. The highest BCUT2D eigenvalue weighted by Gasteiger charge is 2.33. The standard InChI is InChI=1S/C16H18N2O3/c19-16(20)12-4-1-5-13-14(12)17-15(10-6-7-10)18(13)11-3-2-8-21-9-11/h1,4-5,10-11H,2-3,6-9H2,(H,19,20). The molecule has 0 radical (unpaired) electrons. The average Bonchev–Trinajstić information content (AvgIpc) is 3.27. The number of carboxylic acids is 1. The van der Waals surface area contributed by atoms with E-state index in [1.807, 2.05) is 12.1 Å². The molecule has 5 nitrogen and oxygen atoms in total. The summed E-state index contributed by atoms with van der Waals surface area (Å²) in [5, 5.41) is 9.37. The number of hydrogen-bond donors (Lipinski definition) is 1. The van der Waals surface area contributed by atoms with Crippen LogP contribution in [-0.2, 0) is 4.74 Å². The predicted molar refractivity (Wildman–Crippen MR) is 77.8 cm³/mol. The first-order valence-corrected chi connectivity index (χ1v) is 7.57. The number of rotatable bonds is 3. The Bertz CT molecular complexity index is 697. The van der Waals surface area contributed by atoms with Crippen molar-refractivity contribution in [3.8, 4) is 0 Å². The maximum absolute atomic E-state index is 11.4. The second kappa shape index (κ2) is 4.84. The largest absolute Gasteiger partial charge is 0.478 e. The van der Waals surface area contributed by atoms with Gasteiger partial charge in [-0.05, 0) is 37.8 Å². The van der Waals surface area contributed by atoms with Crippen molar-refractivity contribution in [2.45, 2.75) is 37.6 Å². The lowest BCUT2D eigenvalue weighted by atomic mass is 10.1. The van der Waals surface area contributed by atoms with Crippen LogP contribution in [-0.4, -0.2) is 33.8 Å². The summed E-state index contributed by atoms with van der Waals surface area (Å²) < 4.78 is 7.87. The van der Waals surface area contributed by atoms with E-state index < -0.39 is 5.97 Å². The van der Waals surface area contributed by atoms with Gasteiger partial charge in [-0.2, -0.15) is 0 Å². The normalized spacial score (nSPS) is 22.6. The zero-order valence-corrected chi connectivity index (χ0v) is 11.8. The number of imidazole rings is 1. The Morgan fingerprint density at radius 1 is 1.33 bits per heavy atom. The van der Waals surface area contributed by atoms with Crippen LogP contribution in [0.15, 0.2) is 18.2 Å². The number of ether oxygens (including phenoxy) is 1. The first kappa shape index (κ1) is 12.8. The zero-order valence-electron chi connectivity index (χ0n) is 11.8. The maximum atomic E-state index is 11.4. The molecule has 1 aromatic carbocycles. The number of para-hydroxylation sites is 1. The Morgan fingerprint density at radius 3 is 2.86 bits per heavy atom. The molecule has 0 amide bonds. The van der Waals surface area contributed by atoms with Crippen LogP contribution in [0, 0.1) is 0 Å². The fourth-order valence-corrected chi connectivity index (χ4v) is 3.25. The van der Waals surface area contributed by atoms with Crippen LogP contribution >= 0.6 is 0 Å². The molecule has 0 bridgehead atoms. The van der Waals surface area contributed by atoms with Crippen molar-refractivity contribution in [2.75, 3.05) is 13.2 Å². The second-order valence-electron chi connectivity index (χ2n) is 5.96. The molecule has 1 aliphatic heterocycles. The first-order chi connectivity index (χ1) is 10.3. The smallest absolute Gasteiger partial charge is 0.337 e. The van der Waals surface area contributed by atoms with Gasteiger partial charge in [0, 0.05) is 12.5 Å². The summed E-state index contributed by atoms with van der Waals surface area (Å²) in [7, 11) is 0. The number of aromatic nitrogens is 2. The summed E-state index contributed by atoms with van der Waals surface area (Å²) in [6.07, 6.45) is 4.42. The maximum Gasteiger partial charge on any atom is 0.337 e. The van der Waals surface area contributed by atoms with Crippen molar-refractivity contribution in [3.05, 3.63) is 29.6 Å². The summed E-state index contributed by atoms with van der Waals surface area (Å²) in [5.41, 5.74) is 1.86. The number of benzene rings is 1. The van der Waals surface area contributed by atoms with Crippen molar-refractivity contribution in [1.29, 1.82) is 0 Å². The van der Waals surface area contributed by atoms with Gasteiger partial charge in [0.15, 0.2) is 0 Å². The Hall–Kier alpha value is -1.88. The van der Waals surface area contributed by atoms with Gasteiger partial charge in [-0.25, -0.2) is 9.78 Å². The van der Waals surface area contributed by atoms with Gasteiger partial charge in [0.05, 0.1) is 23.7 Å². The molecular weight excluding hydrogens is 268 g/mol. The molecule has 1 unspecified atom stereocenters. The van der Waals surface area contributed by atoms with Crippen LogP contribution < -0.4 is 0 Å². The fraction of sp³-hybridized carbons (Fsp3) is 0.500. The van der Waals surface area contributed by atoms with Gasteiger partial charge in [-0.3, -0.25) is 0 Å². The third-order valence-corrected chi connectivity index (χ3v) is 4.42. The van der Waals surface area contributed by atoms with Crippen molar-refractivity contribution < 1.29 is 14.6 Å². The van der Waals surface area contributed by atoms with Crippen molar-refractivity contribution in [2.24, 2.45) is 0 Å². The van der Waals surface area contributed by atoms with E-state index in [1.165, 1.54) is 0 Å². The molecule has 1 saturated heterocycles. The molecule has 0 spiro atoms. The molecule has 1 atom stereocenters. The van der Waals surface area contributed by atoms with Crippen LogP contribution in [0.4, 0.5) is 0 Å². The summed E-state index contributed by atoms with van der Waals surface area (Å²) in [4.78, 5) is 16.1. The van der Waals surface area contributed by atoms with E-state index in [0.717, 1.165) is 43.6 Å². The van der Waals surface area contributed by atoms with Crippen LogP contribution in [0.1, 0.15) is 53.8 Å². The third-order valence-electron chi connectivity index (χ3n) is 4.42. The third kappa shape index (κ3) is 2.12. The van der Waals surface area contributed by atoms with Crippen LogP contribution in [0.3, 0.4) is 0 Å².